The number of halogens is 1. The number of aryl methyl sites for hydroxylation is 1. The summed E-state index contributed by atoms with van der Waals surface area (Å²) in [5.74, 6) is 0.640. The summed E-state index contributed by atoms with van der Waals surface area (Å²) in [6.45, 7) is 1.96. The van der Waals surface area contributed by atoms with Crippen LogP contribution in [0.1, 0.15) is 22.8 Å². The summed E-state index contributed by atoms with van der Waals surface area (Å²) in [6, 6.07) is 7.36. The Hall–Kier alpha value is -1.58. The molecule has 4 heteroatoms. The van der Waals surface area contributed by atoms with Gasteiger partial charge in [0.2, 0.25) is 0 Å². The van der Waals surface area contributed by atoms with Crippen LogP contribution in [0.3, 0.4) is 0 Å². The highest BCUT2D eigenvalue weighted by molar-refractivity contribution is 6.31. The van der Waals surface area contributed by atoms with E-state index in [0.717, 1.165) is 5.56 Å². The molecule has 1 N–H and O–H groups in total. The summed E-state index contributed by atoms with van der Waals surface area (Å²) in [5.41, 5.74) is 2.37. The van der Waals surface area contributed by atoms with E-state index in [2.05, 4.69) is 4.98 Å². The third-order valence-corrected chi connectivity index (χ3v) is 3.09. The van der Waals surface area contributed by atoms with Crippen molar-refractivity contribution in [3.05, 3.63) is 58.4 Å². The number of hydrogen-bond acceptors (Lipinski definition) is 3. The summed E-state index contributed by atoms with van der Waals surface area (Å²) in [7, 11) is 1.58. The van der Waals surface area contributed by atoms with Gasteiger partial charge in [-0.05, 0) is 25.1 Å². The van der Waals surface area contributed by atoms with Crippen molar-refractivity contribution in [3.8, 4) is 5.75 Å². The fourth-order valence-electron chi connectivity index (χ4n) is 1.84. The molecular formula is C14H14ClNO2. The van der Waals surface area contributed by atoms with Crippen molar-refractivity contribution >= 4 is 11.6 Å². The van der Waals surface area contributed by atoms with Gasteiger partial charge in [-0.2, -0.15) is 0 Å². The Balaban J connectivity index is 2.48. The van der Waals surface area contributed by atoms with E-state index in [9.17, 15) is 5.11 Å². The maximum Gasteiger partial charge on any atom is 0.125 e. The zero-order valence-electron chi connectivity index (χ0n) is 10.2. The molecule has 2 aromatic rings. The van der Waals surface area contributed by atoms with Crippen LogP contribution in [0, 0.1) is 6.92 Å². The topological polar surface area (TPSA) is 42.4 Å². The van der Waals surface area contributed by atoms with Crippen molar-refractivity contribution in [2.75, 3.05) is 7.11 Å². The lowest BCUT2D eigenvalue weighted by atomic mass is 10.00. The molecule has 1 aromatic heterocycles. The first-order chi connectivity index (χ1) is 8.63. The lowest BCUT2D eigenvalue weighted by Gasteiger charge is -2.16. The number of methoxy groups -OCH3 is 1. The third kappa shape index (κ3) is 2.47. The van der Waals surface area contributed by atoms with Gasteiger partial charge in [0.1, 0.15) is 11.9 Å². The van der Waals surface area contributed by atoms with Gasteiger partial charge in [0.05, 0.1) is 12.1 Å². The second-order valence-corrected chi connectivity index (χ2v) is 4.45. The molecule has 2 rings (SSSR count). The minimum Gasteiger partial charge on any atom is -0.496 e. The zero-order chi connectivity index (χ0) is 13.1. The van der Waals surface area contributed by atoms with Crippen LogP contribution in [0.25, 0.3) is 0 Å². The van der Waals surface area contributed by atoms with Crippen molar-refractivity contribution < 1.29 is 9.84 Å². The second-order valence-electron chi connectivity index (χ2n) is 4.05. The van der Waals surface area contributed by atoms with E-state index in [0.29, 0.717) is 21.9 Å². The molecule has 0 aliphatic heterocycles. The summed E-state index contributed by atoms with van der Waals surface area (Å²) in [6.07, 6.45) is 2.30. The Morgan fingerprint density at radius 2 is 2.06 bits per heavy atom. The summed E-state index contributed by atoms with van der Waals surface area (Å²) >= 11 is 6.04. The van der Waals surface area contributed by atoms with Crippen molar-refractivity contribution in [1.29, 1.82) is 0 Å². The van der Waals surface area contributed by atoms with E-state index in [-0.39, 0.29) is 0 Å². The Morgan fingerprint density at radius 1 is 1.28 bits per heavy atom. The van der Waals surface area contributed by atoms with Gasteiger partial charge >= 0.3 is 0 Å². The molecule has 0 fully saturated rings. The molecule has 0 aliphatic carbocycles. The van der Waals surface area contributed by atoms with E-state index in [4.69, 9.17) is 16.3 Å². The van der Waals surface area contributed by atoms with Crippen LogP contribution < -0.4 is 4.74 Å². The van der Waals surface area contributed by atoms with Crippen LogP contribution in [-0.4, -0.2) is 17.2 Å². The average molecular weight is 264 g/mol. The van der Waals surface area contributed by atoms with Crippen LogP contribution >= 0.6 is 11.6 Å². The quantitative estimate of drug-likeness (QED) is 0.925. The molecule has 0 bridgehead atoms. The number of rotatable bonds is 3. The van der Waals surface area contributed by atoms with Gasteiger partial charge in [0.25, 0.3) is 0 Å². The Labute approximate surface area is 111 Å². The normalized spacial score (nSPS) is 12.2. The molecular weight excluding hydrogens is 250 g/mol. The molecule has 1 aromatic carbocycles. The van der Waals surface area contributed by atoms with Gasteiger partial charge in [-0.25, -0.2) is 0 Å². The van der Waals surface area contributed by atoms with Gasteiger partial charge < -0.3 is 9.84 Å². The fraction of sp³-hybridized carbons (Fsp3) is 0.214. The number of aliphatic hydroxyl groups is 1. The number of benzene rings is 1. The van der Waals surface area contributed by atoms with Gasteiger partial charge in [-0.3, -0.25) is 4.98 Å². The largest absolute Gasteiger partial charge is 0.496 e. The maximum absolute atomic E-state index is 10.4. The maximum atomic E-state index is 10.4. The highest BCUT2D eigenvalue weighted by atomic mass is 35.5. The van der Waals surface area contributed by atoms with Crippen LogP contribution in [0.5, 0.6) is 5.75 Å². The predicted octanol–water partition coefficient (Wildman–Crippen LogP) is 3.13. The Morgan fingerprint density at radius 3 is 2.72 bits per heavy atom. The molecule has 94 valence electrons. The van der Waals surface area contributed by atoms with Gasteiger partial charge in [0.15, 0.2) is 0 Å². The van der Waals surface area contributed by atoms with Crippen LogP contribution in [0.4, 0.5) is 0 Å². The number of aliphatic hydroxyl groups excluding tert-OH is 1. The Kier molecular flexibility index (Phi) is 3.84. The third-order valence-electron chi connectivity index (χ3n) is 2.78. The molecule has 0 radical (unpaired) electrons. The second kappa shape index (κ2) is 5.38. The van der Waals surface area contributed by atoms with Gasteiger partial charge in [-0.15, -0.1) is 0 Å². The van der Waals surface area contributed by atoms with Crippen molar-refractivity contribution in [1.82, 2.24) is 4.98 Å². The number of ether oxygens (including phenoxy) is 1. The molecule has 0 saturated carbocycles. The van der Waals surface area contributed by atoms with Crippen LogP contribution in [-0.2, 0) is 0 Å². The highest BCUT2D eigenvalue weighted by Gasteiger charge is 2.18. The number of hydrogen-bond donors (Lipinski definition) is 1. The number of aromatic nitrogens is 1. The first-order valence-corrected chi connectivity index (χ1v) is 5.93. The van der Waals surface area contributed by atoms with Crippen LogP contribution in [0.2, 0.25) is 5.02 Å². The van der Waals surface area contributed by atoms with Gasteiger partial charge in [-0.1, -0.05) is 23.2 Å². The fourth-order valence-corrected chi connectivity index (χ4v) is 2.07. The number of pyridine rings is 1. The molecule has 0 spiro atoms. The van der Waals surface area contributed by atoms with E-state index >= 15 is 0 Å². The van der Waals surface area contributed by atoms with Crippen LogP contribution in [0.15, 0.2) is 36.7 Å². The van der Waals surface area contributed by atoms with Crippen molar-refractivity contribution in [3.63, 3.8) is 0 Å². The van der Waals surface area contributed by atoms with E-state index in [1.165, 1.54) is 6.20 Å². The average Bonchev–Trinajstić information content (AvgIpc) is 2.38. The highest BCUT2D eigenvalue weighted by Crippen LogP contribution is 2.33. The minimum atomic E-state index is -0.824. The smallest absolute Gasteiger partial charge is 0.125 e. The Bertz CT molecular complexity index is 557. The minimum absolute atomic E-state index is 0.438. The van der Waals surface area contributed by atoms with E-state index in [1.807, 2.05) is 25.1 Å². The zero-order valence-corrected chi connectivity index (χ0v) is 11.0. The lowest BCUT2D eigenvalue weighted by molar-refractivity contribution is 0.214. The van der Waals surface area contributed by atoms with Crippen molar-refractivity contribution in [2.45, 2.75) is 13.0 Å². The molecule has 1 atom stereocenters. The SMILES string of the molecule is COc1ccc(C)cc1C(O)c1ccncc1Cl. The molecule has 18 heavy (non-hydrogen) atoms. The standard InChI is InChI=1S/C14H14ClNO2/c1-9-3-4-13(18-2)11(7-9)14(17)10-5-6-16-8-12(10)15/h3-8,14,17H,1-2H3. The van der Waals surface area contributed by atoms with E-state index < -0.39 is 6.10 Å². The monoisotopic (exact) mass is 263 g/mol. The summed E-state index contributed by atoms with van der Waals surface area (Å²) < 4.78 is 5.26. The molecule has 1 heterocycles. The molecule has 3 nitrogen and oxygen atoms in total. The first kappa shape index (κ1) is 12.9. The van der Waals surface area contributed by atoms with E-state index in [1.54, 1.807) is 19.4 Å². The van der Waals surface area contributed by atoms with Gasteiger partial charge in [0, 0.05) is 23.5 Å². The molecule has 0 amide bonds. The number of nitrogens with zero attached hydrogens (tertiary/aromatic N) is 1. The summed E-state index contributed by atoms with van der Waals surface area (Å²) in [5, 5.41) is 10.9. The molecule has 0 saturated heterocycles. The molecule has 0 aliphatic rings. The predicted molar refractivity (Wildman–Crippen MR) is 71.0 cm³/mol. The lowest BCUT2D eigenvalue weighted by Crippen LogP contribution is -2.03. The first-order valence-electron chi connectivity index (χ1n) is 5.55. The van der Waals surface area contributed by atoms with Crippen molar-refractivity contribution in [2.24, 2.45) is 0 Å². The summed E-state index contributed by atoms with van der Waals surface area (Å²) in [4.78, 5) is 3.91. The molecule has 1 unspecified atom stereocenters.